The summed E-state index contributed by atoms with van der Waals surface area (Å²) in [5, 5.41) is 0. The monoisotopic (exact) mass is 152 g/mol. The topological polar surface area (TPSA) is 26.3 Å². The third kappa shape index (κ3) is 3.97. The highest BCUT2D eigenvalue weighted by atomic mass is 35.5. The van der Waals surface area contributed by atoms with E-state index in [-0.39, 0.29) is 6.61 Å². The number of esters is 1. The van der Waals surface area contributed by atoms with Gasteiger partial charge in [0, 0.05) is 0 Å². The molecule has 2 nitrogen and oxygen atoms in total. The molecular formula is C5H6ClFO2. The molecule has 0 bridgehead atoms. The molecular weight excluding hydrogens is 147 g/mol. The number of hydrogen-bond donors (Lipinski definition) is 0. The van der Waals surface area contributed by atoms with Crippen LogP contribution < -0.4 is 0 Å². The van der Waals surface area contributed by atoms with Crippen molar-refractivity contribution in [3.63, 3.8) is 0 Å². The lowest BCUT2D eigenvalue weighted by Crippen LogP contribution is -2.12. The minimum Gasteiger partial charge on any atom is -0.458 e. The molecule has 0 rings (SSSR count). The molecule has 0 aliphatic carbocycles. The third-order valence-corrected chi connectivity index (χ3v) is 0.700. The van der Waals surface area contributed by atoms with E-state index in [0.717, 1.165) is 0 Å². The second kappa shape index (κ2) is 4.32. The van der Waals surface area contributed by atoms with Crippen LogP contribution in [0.4, 0.5) is 4.39 Å². The van der Waals surface area contributed by atoms with E-state index in [9.17, 15) is 9.18 Å². The first-order valence-electron chi connectivity index (χ1n) is 2.24. The van der Waals surface area contributed by atoms with Gasteiger partial charge in [0.1, 0.15) is 6.61 Å². The van der Waals surface area contributed by atoms with Gasteiger partial charge in [0.25, 0.3) is 5.63 Å². The molecule has 0 saturated carbocycles. The lowest BCUT2D eigenvalue weighted by Gasteiger charge is -1.98. The Morgan fingerprint density at radius 3 is 2.89 bits per heavy atom. The van der Waals surface area contributed by atoms with Crippen LogP contribution in [0.25, 0.3) is 0 Å². The van der Waals surface area contributed by atoms with Crippen molar-refractivity contribution in [2.24, 2.45) is 0 Å². The number of ether oxygens (including phenoxy) is 1. The van der Waals surface area contributed by atoms with Gasteiger partial charge in [0.05, 0.1) is 0 Å². The van der Waals surface area contributed by atoms with E-state index in [4.69, 9.17) is 0 Å². The molecule has 0 heterocycles. The fraction of sp³-hybridized carbons (Fsp3) is 0.400. The molecule has 9 heavy (non-hydrogen) atoms. The van der Waals surface area contributed by atoms with Crippen LogP contribution in [0.1, 0.15) is 0 Å². The zero-order valence-electron chi connectivity index (χ0n) is 4.64. The summed E-state index contributed by atoms with van der Waals surface area (Å²) in [5.74, 6) is -1.07. The van der Waals surface area contributed by atoms with E-state index in [1.807, 2.05) is 0 Å². The Morgan fingerprint density at radius 2 is 2.56 bits per heavy atom. The summed E-state index contributed by atoms with van der Waals surface area (Å²) in [6.07, 6.45) is 1.33. The zero-order chi connectivity index (χ0) is 7.28. The molecule has 52 valence electrons. The maximum atomic E-state index is 11.7. The van der Waals surface area contributed by atoms with Crippen LogP contribution in [0.3, 0.4) is 0 Å². The Balaban J connectivity index is 3.38. The van der Waals surface area contributed by atoms with Crippen LogP contribution >= 0.6 is 11.6 Å². The first kappa shape index (κ1) is 8.43. The lowest BCUT2D eigenvalue weighted by atomic mass is 10.7. The second-order valence-electron chi connectivity index (χ2n) is 1.22. The van der Waals surface area contributed by atoms with Gasteiger partial charge in [0.2, 0.25) is 0 Å². The molecule has 0 N–H and O–H groups in total. The molecule has 0 fully saturated rings. The predicted molar refractivity (Wildman–Crippen MR) is 31.9 cm³/mol. The summed E-state index contributed by atoms with van der Waals surface area (Å²) in [4.78, 5) is 10.1. The van der Waals surface area contributed by atoms with Gasteiger partial charge in [-0.2, -0.15) is 0 Å². The van der Waals surface area contributed by atoms with Crippen molar-refractivity contribution < 1.29 is 13.9 Å². The van der Waals surface area contributed by atoms with Crippen molar-refractivity contribution >= 4 is 17.6 Å². The highest BCUT2D eigenvalue weighted by molar-refractivity contribution is 6.28. The Morgan fingerprint density at radius 1 is 2.00 bits per heavy atom. The summed E-state index contributed by atoms with van der Waals surface area (Å²) in [6.45, 7) is 3.24. The van der Waals surface area contributed by atoms with Crippen LogP contribution in [0.2, 0.25) is 0 Å². The summed E-state index contributed by atoms with van der Waals surface area (Å²) < 4.78 is 15.9. The number of alkyl halides is 2. The average Bonchev–Trinajstić information content (AvgIpc) is 1.82. The molecule has 0 radical (unpaired) electrons. The van der Waals surface area contributed by atoms with Gasteiger partial charge in [-0.3, -0.25) is 0 Å². The SMILES string of the molecule is C=CCOC(=O)C(F)Cl. The summed E-state index contributed by atoms with van der Waals surface area (Å²) in [7, 11) is 0. The molecule has 0 aromatic carbocycles. The van der Waals surface area contributed by atoms with Crippen LogP contribution in [0.5, 0.6) is 0 Å². The zero-order valence-corrected chi connectivity index (χ0v) is 5.40. The van der Waals surface area contributed by atoms with Gasteiger partial charge in [-0.05, 0) is 0 Å². The molecule has 0 aliphatic heterocycles. The van der Waals surface area contributed by atoms with E-state index in [1.165, 1.54) is 6.08 Å². The smallest absolute Gasteiger partial charge is 0.356 e. The summed E-state index contributed by atoms with van der Waals surface area (Å²) >= 11 is 4.69. The maximum absolute atomic E-state index is 11.7. The fourth-order valence-electron chi connectivity index (χ4n) is 0.204. The van der Waals surface area contributed by atoms with E-state index in [0.29, 0.717) is 0 Å². The molecule has 0 aliphatic rings. The fourth-order valence-corrected chi connectivity index (χ4v) is 0.267. The first-order chi connectivity index (χ1) is 4.18. The second-order valence-corrected chi connectivity index (χ2v) is 1.60. The largest absolute Gasteiger partial charge is 0.458 e. The number of carbonyl (C=O) groups is 1. The molecule has 4 heteroatoms. The minimum absolute atomic E-state index is 0.00796. The van der Waals surface area contributed by atoms with E-state index in [1.54, 1.807) is 0 Å². The molecule has 0 aromatic heterocycles. The van der Waals surface area contributed by atoms with Gasteiger partial charge in [-0.15, -0.1) is 0 Å². The van der Waals surface area contributed by atoms with Crippen LogP contribution in [-0.2, 0) is 9.53 Å². The van der Waals surface area contributed by atoms with E-state index >= 15 is 0 Å². The lowest BCUT2D eigenvalue weighted by molar-refractivity contribution is -0.145. The van der Waals surface area contributed by atoms with Crippen molar-refractivity contribution in [1.82, 2.24) is 0 Å². The predicted octanol–water partition coefficient (Wildman–Crippen LogP) is 1.25. The third-order valence-electron chi connectivity index (χ3n) is 0.522. The normalized spacial score (nSPS) is 12.2. The Bertz CT molecular complexity index is 114. The number of hydrogen-bond acceptors (Lipinski definition) is 2. The summed E-state index contributed by atoms with van der Waals surface area (Å²) in [5.41, 5.74) is -2.06. The Labute approximate surface area is 57.3 Å². The quantitative estimate of drug-likeness (QED) is 0.346. The number of halogens is 2. The number of rotatable bonds is 3. The minimum atomic E-state index is -2.06. The van der Waals surface area contributed by atoms with Crippen molar-refractivity contribution in [3.8, 4) is 0 Å². The Kier molecular flexibility index (Phi) is 4.05. The van der Waals surface area contributed by atoms with Crippen LogP contribution in [0, 0.1) is 0 Å². The number of carbonyl (C=O) groups excluding carboxylic acids is 1. The standard InChI is InChI=1S/C5H6ClFO2/c1-2-3-9-5(8)4(6)7/h2,4H,1,3H2. The molecule has 0 saturated heterocycles. The maximum Gasteiger partial charge on any atom is 0.356 e. The van der Waals surface area contributed by atoms with Crippen molar-refractivity contribution in [1.29, 1.82) is 0 Å². The molecule has 0 spiro atoms. The van der Waals surface area contributed by atoms with E-state index < -0.39 is 11.6 Å². The van der Waals surface area contributed by atoms with Gasteiger partial charge >= 0.3 is 5.97 Å². The van der Waals surface area contributed by atoms with Crippen molar-refractivity contribution in [2.45, 2.75) is 5.63 Å². The highest BCUT2D eigenvalue weighted by Crippen LogP contribution is 1.98. The van der Waals surface area contributed by atoms with E-state index in [2.05, 4.69) is 22.9 Å². The van der Waals surface area contributed by atoms with Gasteiger partial charge in [-0.25, -0.2) is 9.18 Å². The van der Waals surface area contributed by atoms with Crippen molar-refractivity contribution in [3.05, 3.63) is 12.7 Å². The summed E-state index contributed by atoms with van der Waals surface area (Å²) in [6, 6.07) is 0. The molecule has 0 aromatic rings. The Hall–Kier alpha value is -0.570. The van der Waals surface area contributed by atoms with Crippen molar-refractivity contribution in [2.75, 3.05) is 6.61 Å². The first-order valence-corrected chi connectivity index (χ1v) is 2.67. The molecule has 1 atom stereocenters. The molecule has 1 unspecified atom stereocenters. The van der Waals surface area contributed by atoms with Gasteiger partial charge < -0.3 is 4.74 Å². The highest BCUT2D eigenvalue weighted by Gasteiger charge is 2.13. The van der Waals surface area contributed by atoms with Crippen LogP contribution in [-0.4, -0.2) is 18.2 Å². The average molecular weight is 153 g/mol. The van der Waals surface area contributed by atoms with Crippen LogP contribution in [0.15, 0.2) is 12.7 Å². The molecule has 0 amide bonds. The van der Waals surface area contributed by atoms with Gasteiger partial charge in [0.15, 0.2) is 0 Å². The van der Waals surface area contributed by atoms with Gasteiger partial charge in [-0.1, -0.05) is 24.3 Å².